The summed E-state index contributed by atoms with van der Waals surface area (Å²) < 4.78 is 4.68. The zero-order valence-electron chi connectivity index (χ0n) is 10.2. The number of nitriles is 1. The molecule has 0 radical (unpaired) electrons. The highest BCUT2D eigenvalue weighted by Gasteiger charge is 2.21. The molecule has 4 nitrogen and oxygen atoms in total. The third-order valence-electron chi connectivity index (χ3n) is 2.75. The summed E-state index contributed by atoms with van der Waals surface area (Å²) in [6, 6.07) is 9.21. The van der Waals surface area contributed by atoms with E-state index in [4.69, 9.17) is 5.26 Å². The molecule has 17 heavy (non-hydrogen) atoms. The first-order valence-electron chi connectivity index (χ1n) is 5.43. The van der Waals surface area contributed by atoms with Crippen molar-refractivity contribution in [3.63, 3.8) is 0 Å². The molecule has 0 aliphatic heterocycles. The zero-order valence-corrected chi connectivity index (χ0v) is 10.2. The predicted octanol–water partition coefficient (Wildman–Crippen LogP) is 2.17. The van der Waals surface area contributed by atoms with Gasteiger partial charge in [-0.3, -0.25) is 4.79 Å². The molecule has 0 heterocycles. The third kappa shape index (κ3) is 3.22. The number of hydrogen-bond acceptors (Lipinski definition) is 4. The molecule has 0 aliphatic carbocycles. The van der Waals surface area contributed by atoms with Crippen molar-refractivity contribution in [2.24, 2.45) is 5.92 Å². The van der Waals surface area contributed by atoms with Gasteiger partial charge in [0.2, 0.25) is 0 Å². The maximum Gasteiger partial charge on any atom is 0.310 e. The fourth-order valence-corrected chi connectivity index (χ4v) is 1.47. The second-order valence-electron chi connectivity index (χ2n) is 3.90. The average Bonchev–Trinajstić information content (AvgIpc) is 2.37. The first kappa shape index (κ1) is 13.0. The lowest BCUT2D eigenvalue weighted by atomic mass is 10.0. The van der Waals surface area contributed by atoms with Gasteiger partial charge in [-0.1, -0.05) is 12.1 Å². The van der Waals surface area contributed by atoms with Crippen LogP contribution in [0.25, 0.3) is 0 Å². The van der Waals surface area contributed by atoms with Gasteiger partial charge in [0.25, 0.3) is 0 Å². The molecule has 0 saturated carbocycles. The Morgan fingerprint density at radius 2 is 2.06 bits per heavy atom. The first-order valence-corrected chi connectivity index (χ1v) is 5.43. The van der Waals surface area contributed by atoms with Crippen molar-refractivity contribution in [1.82, 2.24) is 0 Å². The van der Waals surface area contributed by atoms with Crippen LogP contribution in [0.1, 0.15) is 19.4 Å². The fourth-order valence-electron chi connectivity index (χ4n) is 1.47. The van der Waals surface area contributed by atoms with Crippen LogP contribution in [0, 0.1) is 17.2 Å². The van der Waals surface area contributed by atoms with Crippen molar-refractivity contribution < 1.29 is 9.53 Å². The Bertz CT molecular complexity index is 437. The lowest BCUT2D eigenvalue weighted by molar-refractivity contribution is -0.145. The molecule has 1 aromatic carbocycles. The lowest BCUT2D eigenvalue weighted by Crippen LogP contribution is -2.30. The zero-order chi connectivity index (χ0) is 12.8. The Labute approximate surface area is 101 Å². The van der Waals surface area contributed by atoms with Crippen LogP contribution in [0.3, 0.4) is 0 Å². The van der Waals surface area contributed by atoms with E-state index < -0.39 is 0 Å². The maximum absolute atomic E-state index is 11.4. The predicted molar refractivity (Wildman–Crippen MR) is 65.4 cm³/mol. The summed E-state index contributed by atoms with van der Waals surface area (Å²) in [5, 5.41) is 12.1. The standard InChI is InChI=1S/C13H16N2O2/c1-9(13(16)17-3)10(2)15-12-7-5-4-6-11(12)8-14/h4-7,9-10,15H,1-3H3. The molecule has 1 N–H and O–H groups in total. The Morgan fingerprint density at radius 1 is 1.41 bits per heavy atom. The van der Waals surface area contributed by atoms with Crippen LogP contribution >= 0.6 is 0 Å². The van der Waals surface area contributed by atoms with E-state index >= 15 is 0 Å². The smallest absolute Gasteiger partial charge is 0.310 e. The van der Waals surface area contributed by atoms with Gasteiger partial charge in [-0.15, -0.1) is 0 Å². The second-order valence-corrected chi connectivity index (χ2v) is 3.90. The molecule has 0 spiro atoms. The number of rotatable bonds is 4. The van der Waals surface area contributed by atoms with E-state index in [1.807, 2.05) is 19.1 Å². The molecule has 0 amide bonds. The number of esters is 1. The highest BCUT2D eigenvalue weighted by Crippen LogP contribution is 2.17. The monoisotopic (exact) mass is 232 g/mol. The van der Waals surface area contributed by atoms with Crippen LogP contribution in [0.2, 0.25) is 0 Å². The topological polar surface area (TPSA) is 62.1 Å². The average molecular weight is 232 g/mol. The van der Waals surface area contributed by atoms with Gasteiger partial charge in [0.1, 0.15) is 6.07 Å². The lowest BCUT2D eigenvalue weighted by Gasteiger charge is -2.20. The fraction of sp³-hybridized carbons (Fsp3) is 0.385. The highest BCUT2D eigenvalue weighted by molar-refractivity contribution is 5.73. The van der Waals surface area contributed by atoms with Gasteiger partial charge in [0.05, 0.1) is 24.3 Å². The van der Waals surface area contributed by atoms with Crippen molar-refractivity contribution in [3.8, 4) is 6.07 Å². The van der Waals surface area contributed by atoms with Crippen LogP contribution in [-0.4, -0.2) is 19.1 Å². The number of nitrogens with zero attached hydrogens (tertiary/aromatic N) is 1. The van der Waals surface area contributed by atoms with Crippen molar-refractivity contribution in [1.29, 1.82) is 5.26 Å². The molecule has 4 heteroatoms. The molecule has 2 atom stereocenters. The Balaban J connectivity index is 2.78. The van der Waals surface area contributed by atoms with E-state index in [9.17, 15) is 4.79 Å². The van der Waals surface area contributed by atoms with Gasteiger partial charge in [-0.05, 0) is 26.0 Å². The summed E-state index contributed by atoms with van der Waals surface area (Å²) in [7, 11) is 1.37. The van der Waals surface area contributed by atoms with Crippen molar-refractivity contribution >= 4 is 11.7 Å². The number of para-hydroxylation sites is 1. The summed E-state index contributed by atoms with van der Waals surface area (Å²) in [6.45, 7) is 3.67. The van der Waals surface area contributed by atoms with Gasteiger partial charge in [0.15, 0.2) is 0 Å². The molecule has 1 rings (SSSR count). The van der Waals surface area contributed by atoms with E-state index in [0.717, 1.165) is 5.69 Å². The molecule has 0 saturated heterocycles. The van der Waals surface area contributed by atoms with Crippen LogP contribution in [0.5, 0.6) is 0 Å². The Kier molecular flexibility index (Phi) is 4.53. The maximum atomic E-state index is 11.4. The van der Waals surface area contributed by atoms with Crippen LogP contribution in [0.4, 0.5) is 5.69 Å². The Hall–Kier alpha value is -2.02. The number of carbonyl (C=O) groups is 1. The quantitative estimate of drug-likeness (QED) is 0.808. The molecule has 2 unspecified atom stereocenters. The molecule has 0 fully saturated rings. The minimum absolute atomic E-state index is 0.100. The number of benzene rings is 1. The summed E-state index contributed by atoms with van der Waals surface area (Å²) >= 11 is 0. The van der Waals surface area contributed by atoms with Crippen molar-refractivity contribution in [2.75, 3.05) is 12.4 Å². The van der Waals surface area contributed by atoms with Crippen molar-refractivity contribution in [2.45, 2.75) is 19.9 Å². The van der Waals surface area contributed by atoms with Gasteiger partial charge >= 0.3 is 5.97 Å². The normalized spacial score (nSPS) is 13.3. The number of ether oxygens (including phenoxy) is 1. The van der Waals surface area contributed by atoms with Crippen LogP contribution < -0.4 is 5.32 Å². The van der Waals surface area contributed by atoms with E-state index in [-0.39, 0.29) is 17.9 Å². The van der Waals surface area contributed by atoms with E-state index in [2.05, 4.69) is 16.1 Å². The summed E-state index contributed by atoms with van der Waals surface area (Å²) in [5.74, 6) is -0.536. The minimum Gasteiger partial charge on any atom is -0.469 e. The first-order chi connectivity index (χ1) is 8.10. The van der Waals surface area contributed by atoms with E-state index in [0.29, 0.717) is 5.56 Å². The van der Waals surface area contributed by atoms with Crippen LogP contribution in [0.15, 0.2) is 24.3 Å². The van der Waals surface area contributed by atoms with Crippen LogP contribution in [-0.2, 0) is 9.53 Å². The van der Waals surface area contributed by atoms with Crippen molar-refractivity contribution in [3.05, 3.63) is 29.8 Å². The molecule has 1 aromatic rings. The van der Waals surface area contributed by atoms with Gasteiger partial charge in [-0.25, -0.2) is 0 Å². The molecule has 0 aliphatic rings. The molecular formula is C13H16N2O2. The summed E-state index contributed by atoms with van der Waals surface area (Å²) in [4.78, 5) is 11.4. The SMILES string of the molecule is COC(=O)C(C)C(C)Nc1ccccc1C#N. The van der Waals surface area contributed by atoms with Gasteiger partial charge in [-0.2, -0.15) is 5.26 Å². The highest BCUT2D eigenvalue weighted by atomic mass is 16.5. The molecule has 0 bridgehead atoms. The molecule has 0 aromatic heterocycles. The summed E-state index contributed by atoms with van der Waals surface area (Å²) in [6.07, 6.45) is 0. The minimum atomic E-state index is -0.272. The summed E-state index contributed by atoms with van der Waals surface area (Å²) in [5.41, 5.74) is 1.30. The number of carbonyl (C=O) groups excluding carboxylic acids is 1. The third-order valence-corrected chi connectivity index (χ3v) is 2.75. The van der Waals surface area contributed by atoms with E-state index in [1.165, 1.54) is 7.11 Å². The second kappa shape index (κ2) is 5.90. The number of methoxy groups -OCH3 is 1. The Morgan fingerprint density at radius 3 is 2.65 bits per heavy atom. The molecule has 90 valence electrons. The van der Waals surface area contributed by atoms with E-state index in [1.54, 1.807) is 19.1 Å². The number of nitrogens with one attached hydrogen (secondary N) is 1. The van der Waals surface area contributed by atoms with Gasteiger partial charge in [0, 0.05) is 6.04 Å². The number of hydrogen-bond donors (Lipinski definition) is 1. The molecular weight excluding hydrogens is 216 g/mol. The number of anilines is 1. The largest absolute Gasteiger partial charge is 0.469 e. The van der Waals surface area contributed by atoms with Gasteiger partial charge < -0.3 is 10.1 Å².